The number of carbonyl (C=O) groups excluding carboxylic acids is 3. The first-order valence-corrected chi connectivity index (χ1v) is 15.7. The number of ether oxygens (including phenoxy) is 1. The van der Waals surface area contributed by atoms with Crippen molar-refractivity contribution in [2.75, 3.05) is 24.6 Å². The number of anilines is 1. The summed E-state index contributed by atoms with van der Waals surface area (Å²) in [5.74, 6) is -2.89. The van der Waals surface area contributed by atoms with Gasteiger partial charge in [0.05, 0.1) is 35.6 Å². The fourth-order valence-corrected chi connectivity index (χ4v) is 7.83. The van der Waals surface area contributed by atoms with Gasteiger partial charge in [0.25, 0.3) is 5.91 Å². The molecule has 4 aliphatic heterocycles. The Balaban J connectivity index is 1.34. The van der Waals surface area contributed by atoms with Gasteiger partial charge < -0.3 is 24.5 Å². The van der Waals surface area contributed by atoms with E-state index < -0.39 is 35.1 Å². The molecule has 2 aromatic carbocycles. The van der Waals surface area contributed by atoms with E-state index in [1.165, 1.54) is 4.90 Å². The van der Waals surface area contributed by atoms with E-state index in [4.69, 9.17) is 4.74 Å². The molecule has 3 aromatic rings. The molecule has 2 fully saturated rings. The molecule has 1 spiro atoms. The smallest absolute Gasteiger partial charge is 0.250 e. The van der Waals surface area contributed by atoms with E-state index in [0.29, 0.717) is 18.5 Å². The quantitative estimate of drug-likeness (QED) is 0.409. The summed E-state index contributed by atoms with van der Waals surface area (Å²) >= 11 is 0. The minimum Gasteiger partial charge on any atom is -0.394 e. The van der Waals surface area contributed by atoms with Gasteiger partial charge in [0.2, 0.25) is 11.8 Å². The van der Waals surface area contributed by atoms with Gasteiger partial charge >= 0.3 is 0 Å². The van der Waals surface area contributed by atoms with Crippen molar-refractivity contribution in [3.05, 3.63) is 78.9 Å². The molecule has 1 aromatic heterocycles. The molecule has 11 nitrogen and oxygen atoms in total. The van der Waals surface area contributed by atoms with Gasteiger partial charge in [-0.25, -0.2) is 4.68 Å². The van der Waals surface area contributed by atoms with Gasteiger partial charge in [-0.1, -0.05) is 80.1 Å². The Hall–Kier alpha value is -4.35. The van der Waals surface area contributed by atoms with Crippen molar-refractivity contribution in [3.63, 3.8) is 0 Å². The minimum absolute atomic E-state index is 0.109. The van der Waals surface area contributed by atoms with E-state index >= 15 is 0 Å². The average Bonchev–Trinajstić information content (AvgIpc) is 3.58. The standard InChI is InChI=1S/C34H38N6O5/c1-4-22(2)26(20-41)40-29-32(44)37(21-39-25-15-9-8-14-24(25)35-36-39)18-11-17-34(29)28(31(40)43)27-30(42)38(23-12-6-5-7-13-23)19-10-16-33(27,3)45-34/h5-17,22,26-29,41H,4,18-21H2,1-3H3/t22-,26-,27+,28-,29?,33-,34-/m0/s1. The third-order valence-corrected chi connectivity index (χ3v) is 10.2. The van der Waals surface area contributed by atoms with Crippen molar-refractivity contribution < 1.29 is 24.2 Å². The molecule has 0 saturated carbocycles. The summed E-state index contributed by atoms with van der Waals surface area (Å²) in [4.78, 5) is 49.0. The number of carbonyl (C=O) groups is 3. The maximum absolute atomic E-state index is 14.8. The van der Waals surface area contributed by atoms with Gasteiger partial charge in [-0.05, 0) is 37.1 Å². The van der Waals surface area contributed by atoms with Crippen LogP contribution in [0.2, 0.25) is 0 Å². The number of amides is 3. The van der Waals surface area contributed by atoms with Crippen molar-refractivity contribution in [3.8, 4) is 0 Å². The first-order valence-electron chi connectivity index (χ1n) is 15.7. The van der Waals surface area contributed by atoms with Crippen LogP contribution in [0.25, 0.3) is 11.0 Å². The topological polar surface area (TPSA) is 121 Å². The number of para-hydroxylation sites is 2. The largest absolute Gasteiger partial charge is 0.394 e. The van der Waals surface area contributed by atoms with Crippen molar-refractivity contribution in [1.82, 2.24) is 24.8 Å². The Morgan fingerprint density at radius 1 is 0.956 bits per heavy atom. The molecular weight excluding hydrogens is 572 g/mol. The van der Waals surface area contributed by atoms with Gasteiger partial charge in [-0.15, -0.1) is 5.10 Å². The summed E-state index contributed by atoms with van der Waals surface area (Å²) in [5.41, 5.74) is -0.349. The van der Waals surface area contributed by atoms with Crippen molar-refractivity contribution in [2.24, 2.45) is 17.8 Å². The summed E-state index contributed by atoms with van der Waals surface area (Å²) < 4.78 is 8.64. The van der Waals surface area contributed by atoms with Crippen LogP contribution in [0.5, 0.6) is 0 Å². The number of fused-ring (bicyclic) bond motifs is 3. The highest BCUT2D eigenvalue weighted by Crippen LogP contribution is 2.58. The molecule has 2 saturated heterocycles. The molecular formula is C34H38N6O5. The molecule has 7 atom stereocenters. The fraction of sp³-hybridized carbons (Fsp3) is 0.441. The van der Waals surface area contributed by atoms with Gasteiger partial charge in [-0.2, -0.15) is 0 Å². The van der Waals surface area contributed by atoms with E-state index in [0.717, 1.165) is 11.2 Å². The Morgan fingerprint density at radius 3 is 2.44 bits per heavy atom. The number of rotatable bonds is 7. The summed E-state index contributed by atoms with van der Waals surface area (Å²) in [7, 11) is 0. The van der Waals surface area contributed by atoms with E-state index in [-0.39, 0.29) is 43.5 Å². The van der Waals surface area contributed by atoms with Crippen LogP contribution in [-0.2, 0) is 25.8 Å². The Morgan fingerprint density at radius 2 is 1.69 bits per heavy atom. The number of nitrogens with zero attached hydrogens (tertiary/aromatic N) is 6. The SMILES string of the molecule is CC[C@H](C)[C@H](CO)N1C(=O)[C@@H]2[C@@H]3C(=O)N(c4ccccc4)CC=C[C@]3(C)O[C@@]23C=CCN(Cn2nnc4ccccc42)C(=O)C13. The number of hydrogen-bond donors (Lipinski definition) is 1. The molecule has 4 aliphatic rings. The number of likely N-dealkylation sites (tertiary alicyclic amines) is 1. The van der Waals surface area contributed by atoms with Crippen LogP contribution in [0.15, 0.2) is 78.9 Å². The Bertz CT molecular complexity index is 1700. The molecule has 11 heteroatoms. The van der Waals surface area contributed by atoms with E-state index in [2.05, 4.69) is 10.3 Å². The highest BCUT2D eigenvalue weighted by molar-refractivity contribution is 6.04. The van der Waals surface area contributed by atoms with Crippen molar-refractivity contribution in [2.45, 2.75) is 57.1 Å². The number of aromatic nitrogens is 3. The highest BCUT2D eigenvalue weighted by atomic mass is 16.5. The summed E-state index contributed by atoms with van der Waals surface area (Å²) in [6, 6.07) is 15.2. The molecule has 1 unspecified atom stereocenters. The molecule has 234 valence electrons. The summed E-state index contributed by atoms with van der Waals surface area (Å²) in [5, 5.41) is 19.2. The van der Waals surface area contributed by atoms with Crippen LogP contribution in [0.1, 0.15) is 27.2 Å². The van der Waals surface area contributed by atoms with Crippen LogP contribution < -0.4 is 4.90 Å². The second-order valence-electron chi connectivity index (χ2n) is 12.7. The number of aliphatic hydroxyl groups excluding tert-OH is 1. The second-order valence-corrected chi connectivity index (χ2v) is 12.7. The van der Waals surface area contributed by atoms with Crippen LogP contribution in [-0.4, -0.2) is 90.6 Å². The third-order valence-electron chi connectivity index (χ3n) is 10.2. The van der Waals surface area contributed by atoms with Crippen molar-refractivity contribution in [1.29, 1.82) is 0 Å². The lowest BCUT2D eigenvalue weighted by Crippen LogP contribution is -2.60. The third kappa shape index (κ3) is 4.35. The monoisotopic (exact) mass is 610 g/mol. The average molecular weight is 611 g/mol. The maximum Gasteiger partial charge on any atom is 0.250 e. The molecule has 0 radical (unpaired) electrons. The lowest BCUT2D eigenvalue weighted by atomic mass is 9.74. The van der Waals surface area contributed by atoms with Gasteiger partial charge in [0.15, 0.2) is 0 Å². The normalized spacial score (nSPS) is 30.7. The molecule has 0 aliphatic carbocycles. The summed E-state index contributed by atoms with van der Waals surface area (Å²) in [6.07, 6.45) is 8.15. The first-order chi connectivity index (χ1) is 21.7. The number of hydrogen-bond acceptors (Lipinski definition) is 7. The number of benzene rings is 2. The Labute approximate surface area is 261 Å². The molecule has 0 bridgehead atoms. The van der Waals surface area contributed by atoms with Gasteiger partial charge in [0.1, 0.15) is 23.8 Å². The highest BCUT2D eigenvalue weighted by Gasteiger charge is 2.75. The van der Waals surface area contributed by atoms with Crippen LogP contribution in [0.4, 0.5) is 5.69 Å². The van der Waals surface area contributed by atoms with Crippen LogP contribution in [0, 0.1) is 17.8 Å². The first kappa shape index (κ1) is 29.4. The second kappa shape index (κ2) is 10.9. The zero-order valence-electron chi connectivity index (χ0n) is 25.7. The predicted molar refractivity (Wildman–Crippen MR) is 166 cm³/mol. The molecule has 3 amide bonds. The zero-order valence-corrected chi connectivity index (χ0v) is 25.7. The minimum atomic E-state index is -1.42. The number of aliphatic hydroxyl groups is 1. The lowest BCUT2D eigenvalue weighted by Gasteiger charge is -2.41. The molecule has 5 heterocycles. The van der Waals surface area contributed by atoms with Gasteiger partial charge in [-0.3, -0.25) is 14.4 Å². The van der Waals surface area contributed by atoms with Crippen LogP contribution >= 0.6 is 0 Å². The van der Waals surface area contributed by atoms with E-state index in [1.54, 1.807) is 14.5 Å². The maximum atomic E-state index is 14.8. The van der Waals surface area contributed by atoms with Crippen molar-refractivity contribution >= 4 is 34.4 Å². The molecule has 7 rings (SSSR count). The fourth-order valence-electron chi connectivity index (χ4n) is 7.83. The van der Waals surface area contributed by atoms with E-state index in [1.807, 2.05) is 99.7 Å². The van der Waals surface area contributed by atoms with Crippen LogP contribution in [0.3, 0.4) is 0 Å². The van der Waals surface area contributed by atoms with Gasteiger partial charge in [0, 0.05) is 18.8 Å². The molecule has 1 N–H and O–H groups in total. The zero-order chi connectivity index (χ0) is 31.5. The molecule has 45 heavy (non-hydrogen) atoms. The Kier molecular flexibility index (Phi) is 7.13. The predicted octanol–water partition coefficient (Wildman–Crippen LogP) is 2.77. The summed E-state index contributed by atoms with van der Waals surface area (Å²) in [6.45, 7) is 6.16. The van der Waals surface area contributed by atoms with E-state index in [9.17, 15) is 19.5 Å². The lowest BCUT2D eigenvalue weighted by molar-refractivity contribution is -0.156.